The molecule has 0 radical (unpaired) electrons. The summed E-state index contributed by atoms with van der Waals surface area (Å²) in [5.41, 5.74) is 7.88. The smallest absolute Gasteiger partial charge is 0.270 e. The molecule has 0 fully saturated rings. The van der Waals surface area contributed by atoms with E-state index in [4.69, 9.17) is 10.5 Å². The second kappa shape index (κ2) is 5.96. The Bertz CT molecular complexity index is 604. The highest BCUT2D eigenvalue weighted by Crippen LogP contribution is 2.21. The molecule has 0 spiro atoms. The van der Waals surface area contributed by atoms with Gasteiger partial charge in [-0.05, 0) is 26.0 Å². The number of nitrogens with two attached hydrogens (primary N) is 1. The fourth-order valence-corrected chi connectivity index (χ4v) is 2.03. The Morgan fingerprint density at radius 1 is 1.45 bits per heavy atom. The largest absolute Gasteiger partial charge is 0.397 e. The van der Waals surface area contributed by atoms with E-state index in [1.165, 1.54) is 0 Å². The quantitative estimate of drug-likeness (QED) is 0.822. The monoisotopic (exact) mass is 275 g/mol. The average Bonchev–Trinajstić information content (AvgIpc) is 2.82. The molecule has 20 heavy (non-hydrogen) atoms. The second-order valence-electron chi connectivity index (χ2n) is 5.14. The summed E-state index contributed by atoms with van der Waals surface area (Å²) in [6.07, 6.45) is 0.173. The summed E-state index contributed by atoms with van der Waals surface area (Å²) < 4.78 is 5.45. The van der Waals surface area contributed by atoms with E-state index in [1.54, 1.807) is 11.9 Å². The maximum Gasteiger partial charge on any atom is 0.270 e. The Hall–Kier alpha value is -2.01. The van der Waals surface area contributed by atoms with Crippen molar-refractivity contribution in [3.63, 3.8) is 0 Å². The number of nitrogens with one attached hydrogen (secondary N) is 1. The molecule has 0 aliphatic heterocycles. The van der Waals surface area contributed by atoms with Crippen molar-refractivity contribution in [2.45, 2.75) is 20.0 Å². The highest BCUT2D eigenvalue weighted by atomic mass is 16.5. The number of hydrogen-bond donors (Lipinski definition) is 2. The summed E-state index contributed by atoms with van der Waals surface area (Å²) in [5.74, 6) is -0.0621. The number of fused-ring (bicyclic) bond motifs is 1. The molecule has 1 heterocycles. The van der Waals surface area contributed by atoms with Crippen molar-refractivity contribution in [1.29, 1.82) is 0 Å². The van der Waals surface area contributed by atoms with Gasteiger partial charge < -0.3 is 20.4 Å². The third-order valence-electron chi connectivity index (χ3n) is 3.14. The fraction of sp³-hybridized carbons (Fsp3) is 0.400. The molecule has 5 heteroatoms. The predicted molar refractivity (Wildman–Crippen MR) is 80.8 cm³/mol. The molecule has 0 aliphatic rings. The molecule has 2 rings (SSSR count). The minimum atomic E-state index is -0.0621. The summed E-state index contributed by atoms with van der Waals surface area (Å²) >= 11 is 0. The van der Waals surface area contributed by atoms with Crippen molar-refractivity contribution in [3.8, 4) is 0 Å². The third-order valence-corrected chi connectivity index (χ3v) is 3.14. The molecule has 0 saturated carbocycles. The minimum absolute atomic E-state index is 0.0621. The van der Waals surface area contributed by atoms with Crippen LogP contribution in [-0.4, -0.2) is 42.1 Å². The lowest BCUT2D eigenvalue weighted by molar-refractivity contribution is 0.0529. The van der Waals surface area contributed by atoms with E-state index in [-0.39, 0.29) is 12.0 Å². The number of anilines is 1. The predicted octanol–water partition coefficient (Wildman–Crippen LogP) is 2.25. The minimum Gasteiger partial charge on any atom is -0.397 e. The number of likely N-dealkylation sites (N-methyl/N-ethyl adjacent to an activating group) is 1. The Morgan fingerprint density at radius 3 is 2.85 bits per heavy atom. The number of benzene rings is 1. The summed E-state index contributed by atoms with van der Waals surface area (Å²) in [4.78, 5) is 17.0. The van der Waals surface area contributed by atoms with Crippen molar-refractivity contribution in [3.05, 3.63) is 30.0 Å². The van der Waals surface area contributed by atoms with Gasteiger partial charge in [0.25, 0.3) is 5.91 Å². The van der Waals surface area contributed by atoms with Crippen molar-refractivity contribution in [2.75, 3.05) is 25.9 Å². The Balaban J connectivity index is 2.09. The van der Waals surface area contributed by atoms with Gasteiger partial charge in [0.15, 0.2) is 0 Å². The van der Waals surface area contributed by atoms with Gasteiger partial charge in [-0.3, -0.25) is 4.79 Å². The number of para-hydroxylation sites is 1. The zero-order valence-electron chi connectivity index (χ0n) is 12.1. The van der Waals surface area contributed by atoms with E-state index in [9.17, 15) is 4.79 Å². The van der Waals surface area contributed by atoms with Gasteiger partial charge in [-0.2, -0.15) is 0 Å². The van der Waals surface area contributed by atoms with Gasteiger partial charge in [0.05, 0.1) is 23.9 Å². The summed E-state index contributed by atoms with van der Waals surface area (Å²) in [5, 5.41) is 0.945. The second-order valence-corrected chi connectivity index (χ2v) is 5.14. The van der Waals surface area contributed by atoms with Gasteiger partial charge in [0, 0.05) is 19.0 Å². The van der Waals surface area contributed by atoms with E-state index in [2.05, 4.69) is 4.98 Å². The first kappa shape index (κ1) is 14.4. The van der Waals surface area contributed by atoms with Crippen molar-refractivity contribution < 1.29 is 9.53 Å². The lowest BCUT2D eigenvalue weighted by atomic mass is 10.2. The number of H-pyrrole nitrogens is 1. The van der Waals surface area contributed by atoms with E-state index in [0.717, 1.165) is 10.9 Å². The molecule has 5 nitrogen and oxygen atoms in total. The maximum atomic E-state index is 12.3. The zero-order valence-corrected chi connectivity index (χ0v) is 12.1. The number of aromatic amines is 1. The van der Waals surface area contributed by atoms with E-state index in [1.807, 2.05) is 38.1 Å². The molecule has 1 amide bonds. The lowest BCUT2D eigenvalue weighted by Gasteiger charge is -2.17. The molecule has 108 valence electrons. The Morgan fingerprint density at radius 2 is 2.20 bits per heavy atom. The number of hydrogen-bond acceptors (Lipinski definition) is 3. The molecular formula is C15H21N3O2. The fourth-order valence-electron chi connectivity index (χ4n) is 2.03. The number of amides is 1. The van der Waals surface area contributed by atoms with Crippen LogP contribution in [0.25, 0.3) is 10.9 Å². The lowest BCUT2D eigenvalue weighted by Crippen LogP contribution is -2.31. The summed E-state index contributed by atoms with van der Waals surface area (Å²) in [6.45, 7) is 5.04. The molecule has 1 aromatic heterocycles. The molecule has 2 aromatic rings. The van der Waals surface area contributed by atoms with Gasteiger partial charge in [-0.1, -0.05) is 12.1 Å². The van der Waals surface area contributed by atoms with Crippen LogP contribution in [0.4, 0.5) is 5.69 Å². The number of rotatable bonds is 5. The van der Waals surface area contributed by atoms with Gasteiger partial charge in [0.1, 0.15) is 5.69 Å². The van der Waals surface area contributed by atoms with E-state index < -0.39 is 0 Å². The average molecular weight is 275 g/mol. The van der Waals surface area contributed by atoms with Crippen LogP contribution in [0.2, 0.25) is 0 Å². The van der Waals surface area contributed by atoms with Gasteiger partial charge >= 0.3 is 0 Å². The van der Waals surface area contributed by atoms with Crippen molar-refractivity contribution in [1.82, 2.24) is 9.88 Å². The molecule has 1 aromatic carbocycles. The maximum absolute atomic E-state index is 12.3. The van der Waals surface area contributed by atoms with Crippen LogP contribution in [0.3, 0.4) is 0 Å². The van der Waals surface area contributed by atoms with Crippen LogP contribution in [0.15, 0.2) is 24.3 Å². The van der Waals surface area contributed by atoms with Crippen LogP contribution in [-0.2, 0) is 4.74 Å². The number of carbonyl (C=O) groups excluding carboxylic acids is 1. The van der Waals surface area contributed by atoms with Crippen molar-refractivity contribution >= 4 is 22.5 Å². The Kier molecular flexibility index (Phi) is 4.29. The first-order chi connectivity index (χ1) is 9.49. The van der Waals surface area contributed by atoms with Crippen LogP contribution in [0.5, 0.6) is 0 Å². The van der Waals surface area contributed by atoms with E-state index >= 15 is 0 Å². The number of nitrogens with zero attached hydrogens (tertiary/aromatic N) is 1. The molecule has 3 N–H and O–H groups in total. The standard InChI is InChI=1S/C15H21N3O2/c1-10(2)20-8-7-18(3)15(19)13-9-11-5-4-6-12(16)14(11)17-13/h4-6,9-10,17H,7-8,16H2,1-3H3. The van der Waals surface area contributed by atoms with Gasteiger partial charge in [-0.15, -0.1) is 0 Å². The molecule has 0 saturated heterocycles. The number of ether oxygens (including phenoxy) is 1. The summed E-state index contributed by atoms with van der Waals surface area (Å²) in [7, 11) is 1.76. The zero-order chi connectivity index (χ0) is 14.7. The summed E-state index contributed by atoms with van der Waals surface area (Å²) in [6, 6.07) is 7.45. The van der Waals surface area contributed by atoms with Crippen molar-refractivity contribution in [2.24, 2.45) is 0 Å². The molecule has 0 atom stereocenters. The highest BCUT2D eigenvalue weighted by Gasteiger charge is 2.15. The molecule has 0 bridgehead atoms. The van der Waals surface area contributed by atoms with Crippen LogP contribution in [0.1, 0.15) is 24.3 Å². The first-order valence-electron chi connectivity index (χ1n) is 6.73. The normalized spacial score (nSPS) is 11.2. The Labute approximate surface area is 118 Å². The van der Waals surface area contributed by atoms with Gasteiger partial charge in [0.2, 0.25) is 0 Å². The molecule has 0 aliphatic carbocycles. The molecular weight excluding hydrogens is 254 g/mol. The highest BCUT2D eigenvalue weighted by molar-refractivity contribution is 6.00. The number of carbonyl (C=O) groups is 1. The van der Waals surface area contributed by atoms with E-state index in [0.29, 0.717) is 24.5 Å². The number of aromatic nitrogens is 1. The van der Waals surface area contributed by atoms with Crippen LogP contribution in [0, 0.1) is 0 Å². The van der Waals surface area contributed by atoms with Gasteiger partial charge in [-0.25, -0.2) is 0 Å². The molecule has 0 unspecified atom stereocenters. The van der Waals surface area contributed by atoms with Crippen LogP contribution >= 0.6 is 0 Å². The SMILES string of the molecule is CC(C)OCCN(C)C(=O)c1cc2cccc(N)c2[nH]1. The van der Waals surface area contributed by atoms with Crippen LogP contribution < -0.4 is 5.73 Å². The number of nitrogen functional groups attached to an aromatic ring is 1. The topological polar surface area (TPSA) is 71.3 Å². The third kappa shape index (κ3) is 3.11. The first-order valence-corrected chi connectivity index (χ1v) is 6.73.